The number of aromatic nitrogens is 2. The van der Waals surface area contributed by atoms with Gasteiger partial charge in [0.25, 0.3) is 0 Å². The van der Waals surface area contributed by atoms with E-state index >= 15 is 0 Å². The number of likely N-dealkylation sites (tertiary alicyclic amines) is 1. The Bertz CT molecular complexity index is 690. The third-order valence-corrected chi connectivity index (χ3v) is 5.46. The lowest BCUT2D eigenvalue weighted by atomic mass is 9.96. The Balaban J connectivity index is 1.44. The SMILES string of the molecule is COCCn1ccnc1C1CCN(CCOc2cccc(C)c2C)CC1. The number of methoxy groups -OCH3 is 1. The molecule has 1 saturated heterocycles. The maximum Gasteiger partial charge on any atom is 0.122 e. The van der Waals surface area contributed by atoms with Gasteiger partial charge in [-0.05, 0) is 57.0 Å². The molecule has 0 aliphatic carbocycles. The summed E-state index contributed by atoms with van der Waals surface area (Å²) < 4.78 is 13.5. The Morgan fingerprint density at radius 3 is 2.69 bits per heavy atom. The molecule has 0 spiro atoms. The van der Waals surface area contributed by atoms with Crippen molar-refractivity contribution in [2.75, 3.05) is 40.0 Å². The van der Waals surface area contributed by atoms with Crippen molar-refractivity contribution in [3.05, 3.63) is 47.5 Å². The van der Waals surface area contributed by atoms with Gasteiger partial charge in [0.05, 0.1) is 6.61 Å². The molecule has 5 heteroatoms. The molecule has 1 fully saturated rings. The first-order chi connectivity index (χ1) is 12.7. The van der Waals surface area contributed by atoms with E-state index in [2.05, 4.69) is 52.7 Å². The van der Waals surface area contributed by atoms with Crippen LogP contribution >= 0.6 is 0 Å². The minimum atomic E-state index is 0.554. The van der Waals surface area contributed by atoms with Crippen molar-refractivity contribution in [2.24, 2.45) is 0 Å². The highest BCUT2D eigenvalue weighted by atomic mass is 16.5. The van der Waals surface area contributed by atoms with E-state index in [1.54, 1.807) is 7.11 Å². The van der Waals surface area contributed by atoms with Crippen molar-refractivity contribution >= 4 is 0 Å². The minimum Gasteiger partial charge on any atom is -0.492 e. The molecule has 0 N–H and O–H groups in total. The topological polar surface area (TPSA) is 39.5 Å². The molecule has 5 nitrogen and oxygen atoms in total. The Morgan fingerprint density at radius 1 is 1.12 bits per heavy atom. The average molecular weight is 357 g/mol. The summed E-state index contributed by atoms with van der Waals surface area (Å²) in [5.41, 5.74) is 2.53. The highest BCUT2D eigenvalue weighted by Gasteiger charge is 2.23. The maximum absolute atomic E-state index is 6.01. The molecule has 0 bridgehead atoms. The first-order valence-corrected chi connectivity index (χ1v) is 9.60. The van der Waals surface area contributed by atoms with Crippen LogP contribution in [0.5, 0.6) is 5.75 Å². The van der Waals surface area contributed by atoms with E-state index in [0.717, 1.165) is 58.0 Å². The lowest BCUT2D eigenvalue weighted by molar-refractivity contribution is 0.166. The average Bonchev–Trinajstić information content (AvgIpc) is 3.12. The number of aryl methyl sites for hydroxylation is 1. The highest BCUT2D eigenvalue weighted by Crippen LogP contribution is 2.27. The summed E-state index contributed by atoms with van der Waals surface area (Å²) in [5.74, 6) is 2.78. The predicted octanol–water partition coefficient (Wildman–Crippen LogP) is 3.40. The second kappa shape index (κ2) is 9.19. The van der Waals surface area contributed by atoms with Crippen LogP contribution in [0.25, 0.3) is 0 Å². The van der Waals surface area contributed by atoms with E-state index in [1.807, 2.05) is 6.20 Å². The van der Waals surface area contributed by atoms with Crippen LogP contribution in [0.1, 0.15) is 35.7 Å². The van der Waals surface area contributed by atoms with Crippen molar-refractivity contribution in [3.8, 4) is 5.75 Å². The number of benzene rings is 1. The number of nitrogens with zero attached hydrogens (tertiary/aromatic N) is 3. The first kappa shape index (κ1) is 18.9. The molecule has 2 aromatic rings. The lowest BCUT2D eigenvalue weighted by Crippen LogP contribution is -2.36. The van der Waals surface area contributed by atoms with Gasteiger partial charge in [0.1, 0.15) is 18.2 Å². The summed E-state index contributed by atoms with van der Waals surface area (Å²) in [6.07, 6.45) is 6.30. The van der Waals surface area contributed by atoms with Crippen molar-refractivity contribution in [3.63, 3.8) is 0 Å². The standard InChI is InChI=1S/C21H31N3O2/c1-17-5-4-6-20(18(17)2)26-16-13-23-10-7-19(8-11-23)21-22-9-12-24(21)14-15-25-3/h4-6,9,12,19H,7-8,10-11,13-16H2,1-3H3. The molecule has 142 valence electrons. The Hall–Kier alpha value is -1.85. The predicted molar refractivity (Wildman–Crippen MR) is 104 cm³/mol. The fourth-order valence-electron chi connectivity index (χ4n) is 3.64. The van der Waals surface area contributed by atoms with Crippen LogP contribution in [0.15, 0.2) is 30.6 Å². The molecule has 3 rings (SSSR count). The van der Waals surface area contributed by atoms with Crippen LogP contribution in [0.2, 0.25) is 0 Å². The van der Waals surface area contributed by atoms with Crippen LogP contribution in [0.3, 0.4) is 0 Å². The summed E-state index contributed by atoms with van der Waals surface area (Å²) in [6, 6.07) is 6.26. The van der Waals surface area contributed by atoms with Crippen molar-refractivity contribution in [1.82, 2.24) is 14.5 Å². The van der Waals surface area contributed by atoms with E-state index in [0.29, 0.717) is 5.92 Å². The minimum absolute atomic E-state index is 0.554. The number of imidazole rings is 1. The van der Waals surface area contributed by atoms with Gasteiger partial charge in [0, 0.05) is 38.5 Å². The molecule has 0 radical (unpaired) electrons. The number of hydrogen-bond acceptors (Lipinski definition) is 4. The van der Waals surface area contributed by atoms with Gasteiger partial charge in [-0.25, -0.2) is 4.98 Å². The van der Waals surface area contributed by atoms with E-state index in [1.165, 1.54) is 17.0 Å². The monoisotopic (exact) mass is 357 g/mol. The van der Waals surface area contributed by atoms with Crippen LogP contribution in [0.4, 0.5) is 0 Å². The zero-order chi connectivity index (χ0) is 18.4. The lowest BCUT2D eigenvalue weighted by Gasteiger charge is -2.31. The molecular weight excluding hydrogens is 326 g/mol. The van der Waals surface area contributed by atoms with Gasteiger partial charge in [-0.15, -0.1) is 0 Å². The Labute approximate surface area is 156 Å². The normalized spacial score (nSPS) is 16.1. The number of hydrogen-bond donors (Lipinski definition) is 0. The van der Waals surface area contributed by atoms with Gasteiger partial charge in [0.15, 0.2) is 0 Å². The van der Waals surface area contributed by atoms with E-state index in [-0.39, 0.29) is 0 Å². The molecule has 0 atom stereocenters. The summed E-state index contributed by atoms with van der Waals surface area (Å²) in [4.78, 5) is 7.11. The Kier molecular flexibility index (Phi) is 6.69. The quantitative estimate of drug-likeness (QED) is 0.726. The fraction of sp³-hybridized carbons (Fsp3) is 0.571. The summed E-state index contributed by atoms with van der Waals surface area (Å²) in [7, 11) is 1.75. The summed E-state index contributed by atoms with van der Waals surface area (Å²) in [5, 5.41) is 0. The highest BCUT2D eigenvalue weighted by molar-refractivity contribution is 5.38. The molecule has 2 heterocycles. The first-order valence-electron chi connectivity index (χ1n) is 9.60. The van der Waals surface area contributed by atoms with Gasteiger partial charge in [-0.3, -0.25) is 4.90 Å². The maximum atomic E-state index is 6.01. The fourth-order valence-corrected chi connectivity index (χ4v) is 3.64. The zero-order valence-corrected chi connectivity index (χ0v) is 16.3. The van der Waals surface area contributed by atoms with E-state index in [4.69, 9.17) is 9.47 Å². The van der Waals surface area contributed by atoms with Crippen molar-refractivity contribution in [2.45, 2.75) is 39.2 Å². The third-order valence-electron chi connectivity index (χ3n) is 5.46. The Morgan fingerprint density at radius 2 is 1.92 bits per heavy atom. The molecule has 0 amide bonds. The molecule has 0 unspecified atom stereocenters. The number of ether oxygens (including phenoxy) is 2. The molecule has 1 aromatic heterocycles. The third kappa shape index (κ3) is 4.65. The number of rotatable bonds is 8. The van der Waals surface area contributed by atoms with E-state index in [9.17, 15) is 0 Å². The van der Waals surface area contributed by atoms with Gasteiger partial charge in [0.2, 0.25) is 0 Å². The van der Waals surface area contributed by atoms with E-state index < -0.39 is 0 Å². The van der Waals surface area contributed by atoms with Gasteiger partial charge in [-0.1, -0.05) is 12.1 Å². The smallest absolute Gasteiger partial charge is 0.122 e. The molecule has 26 heavy (non-hydrogen) atoms. The molecular formula is C21H31N3O2. The van der Waals surface area contributed by atoms with Crippen LogP contribution in [-0.4, -0.2) is 54.4 Å². The largest absolute Gasteiger partial charge is 0.492 e. The molecule has 0 saturated carbocycles. The molecule has 1 aliphatic rings. The molecule has 1 aromatic carbocycles. The van der Waals surface area contributed by atoms with Gasteiger partial charge in [-0.2, -0.15) is 0 Å². The molecule has 1 aliphatic heterocycles. The van der Waals surface area contributed by atoms with Crippen molar-refractivity contribution < 1.29 is 9.47 Å². The number of piperidine rings is 1. The van der Waals surface area contributed by atoms with Crippen LogP contribution in [-0.2, 0) is 11.3 Å². The van der Waals surface area contributed by atoms with Crippen molar-refractivity contribution in [1.29, 1.82) is 0 Å². The van der Waals surface area contributed by atoms with Gasteiger partial charge < -0.3 is 14.0 Å². The zero-order valence-electron chi connectivity index (χ0n) is 16.3. The van der Waals surface area contributed by atoms with Gasteiger partial charge >= 0.3 is 0 Å². The second-order valence-corrected chi connectivity index (χ2v) is 7.13. The van der Waals surface area contributed by atoms with Crippen LogP contribution in [0, 0.1) is 13.8 Å². The summed E-state index contributed by atoms with van der Waals surface area (Å²) >= 11 is 0. The summed E-state index contributed by atoms with van der Waals surface area (Å²) in [6.45, 7) is 9.82. The van der Waals surface area contributed by atoms with Crippen LogP contribution < -0.4 is 4.74 Å². The second-order valence-electron chi connectivity index (χ2n) is 7.13.